The molecule has 2 heterocycles. The van der Waals surface area contributed by atoms with Crippen LogP contribution in [-0.2, 0) is 14.3 Å². The molecule has 0 saturated carbocycles. The summed E-state index contributed by atoms with van der Waals surface area (Å²) in [5.41, 5.74) is 3.42. The van der Waals surface area contributed by atoms with Crippen LogP contribution >= 0.6 is 0 Å². The highest BCUT2D eigenvalue weighted by molar-refractivity contribution is 5.96. The summed E-state index contributed by atoms with van der Waals surface area (Å²) in [5, 5.41) is 17.3. The van der Waals surface area contributed by atoms with Gasteiger partial charge in [0.25, 0.3) is 5.91 Å². The van der Waals surface area contributed by atoms with Crippen molar-refractivity contribution in [2.45, 2.75) is 0 Å². The van der Waals surface area contributed by atoms with Crippen LogP contribution in [0.5, 0.6) is 0 Å². The molecule has 3 aromatic carbocycles. The molecule has 0 bridgehead atoms. The number of rotatable bonds is 7. The molecule has 0 saturated heterocycles. The van der Waals surface area contributed by atoms with E-state index in [9.17, 15) is 9.59 Å². The molecule has 180 valence electrons. The zero-order valence-corrected chi connectivity index (χ0v) is 19.5. The maximum absolute atomic E-state index is 12.4. The SMILES string of the molecule is N#Cc1ccccc1NC(=O)COC(=O)C=Cc1cn(-c2ccccc2)nc1-c1cc2ccccc2o1. The van der Waals surface area contributed by atoms with Crippen molar-refractivity contribution >= 4 is 34.6 Å². The Balaban J connectivity index is 1.34. The molecule has 8 heteroatoms. The van der Waals surface area contributed by atoms with E-state index in [4.69, 9.17) is 19.5 Å². The number of esters is 1. The summed E-state index contributed by atoms with van der Waals surface area (Å²) in [6, 6.07) is 27.7. The molecule has 2 aromatic heterocycles. The number of amides is 1. The van der Waals surface area contributed by atoms with E-state index in [-0.39, 0.29) is 0 Å². The van der Waals surface area contributed by atoms with Crippen molar-refractivity contribution in [1.29, 1.82) is 5.26 Å². The van der Waals surface area contributed by atoms with E-state index < -0.39 is 18.5 Å². The van der Waals surface area contributed by atoms with Crippen molar-refractivity contribution in [2.75, 3.05) is 11.9 Å². The van der Waals surface area contributed by atoms with Gasteiger partial charge in [-0.25, -0.2) is 9.48 Å². The maximum atomic E-state index is 12.4. The highest BCUT2D eigenvalue weighted by atomic mass is 16.5. The smallest absolute Gasteiger partial charge is 0.331 e. The second kappa shape index (κ2) is 10.5. The van der Waals surface area contributed by atoms with Gasteiger partial charge in [0.1, 0.15) is 17.3 Å². The van der Waals surface area contributed by atoms with E-state index >= 15 is 0 Å². The molecule has 0 unspecified atom stereocenters. The number of anilines is 1. The summed E-state index contributed by atoms with van der Waals surface area (Å²) < 4.78 is 12.8. The zero-order valence-electron chi connectivity index (χ0n) is 19.5. The molecule has 0 aliphatic rings. The van der Waals surface area contributed by atoms with Crippen LogP contribution in [0.1, 0.15) is 11.1 Å². The number of fused-ring (bicyclic) bond motifs is 1. The number of aromatic nitrogens is 2. The lowest BCUT2D eigenvalue weighted by Crippen LogP contribution is -2.20. The third kappa shape index (κ3) is 5.31. The Hall–Kier alpha value is -5.42. The predicted molar refractivity (Wildman–Crippen MR) is 139 cm³/mol. The van der Waals surface area contributed by atoms with E-state index in [0.717, 1.165) is 16.7 Å². The van der Waals surface area contributed by atoms with Crippen LogP contribution in [0.2, 0.25) is 0 Å². The fraction of sp³-hybridized carbons (Fsp3) is 0.0345. The van der Waals surface area contributed by atoms with Gasteiger partial charge in [0.05, 0.1) is 16.9 Å². The van der Waals surface area contributed by atoms with Gasteiger partial charge in [0.15, 0.2) is 12.4 Å². The molecular weight excluding hydrogens is 468 g/mol. The zero-order chi connectivity index (χ0) is 25.6. The summed E-state index contributed by atoms with van der Waals surface area (Å²) in [6.45, 7) is -0.497. The molecule has 1 N–H and O–H groups in total. The van der Waals surface area contributed by atoms with Crippen LogP contribution in [0.15, 0.2) is 102 Å². The summed E-state index contributed by atoms with van der Waals surface area (Å²) in [4.78, 5) is 24.6. The average Bonchev–Trinajstić information content (AvgIpc) is 3.56. The molecule has 1 amide bonds. The lowest BCUT2D eigenvalue weighted by atomic mass is 10.2. The first-order valence-electron chi connectivity index (χ1n) is 11.4. The van der Waals surface area contributed by atoms with Gasteiger partial charge in [-0.2, -0.15) is 10.4 Å². The van der Waals surface area contributed by atoms with Gasteiger partial charge >= 0.3 is 5.97 Å². The maximum Gasteiger partial charge on any atom is 0.331 e. The van der Waals surface area contributed by atoms with Crippen LogP contribution in [0.3, 0.4) is 0 Å². The fourth-order valence-electron chi connectivity index (χ4n) is 3.73. The number of benzene rings is 3. The second-order valence-corrected chi connectivity index (χ2v) is 8.01. The number of para-hydroxylation sites is 3. The molecule has 0 aliphatic carbocycles. The molecule has 37 heavy (non-hydrogen) atoms. The van der Waals surface area contributed by atoms with Gasteiger partial charge in [-0.1, -0.05) is 48.5 Å². The summed E-state index contributed by atoms with van der Waals surface area (Å²) in [6.07, 6.45) is 4.59. The van der Waals surface area contributed by atoms with E-state index in [0.29, 0.717) is 28.3 Å². The first-order valence-corrected chi connectivity index (χ1v) is 11.4. The topological polar surface area (TPSA) is 110 Å². The molecule has 8 nitrogen and oxygen atoms in total. The molecule has 5 aromatic rings. The Labute approximate surface area is 212 Å². The van der Waals surface area contributed by atoms with Gasteiger partial charge in [-0.05, 0) is 42.5 Å². The highest BCUT2D eigenvalue weighted by Gasteiger charge is 2.16. The van der Waals surface area contributed by atoms with Crippen molar-refractivity contribution in [3.05, 3.63) is 108 Å². The summed E-state index contributed by atoms with van der Waals surface area (Å²) >= 11 is 0. The number of carbonyl (C=O) groups is 2. The quantitative estimate of drug-likeness (QED) is 0.244. The van der Waals surface area contributed by atoms with Crippen LogP contribution < -0.4 is 5.32 Å². The second-order valence-electron chi connectivity index (χ2n) is 8.01. The highest BCUT2D eigenvalue weighted by Crippen LogP contribution is 2.30. The Morgan fingerprint density at radius 1 is 1.03 bits per heavy atom. The number of furan rings is 1. The van der Waals surface area contributed by atoms with E-state index in [1.807, 2.05) is 66.7 Å². The van der Waals surface area contributed by atoms with Gasteiger partial charge in [0, 0.05) is 23.2 Å². The lowest BCUT2D eigenvalue weighted by Gasteiger charge is -2.06. The molecule has 0 radical (unpaired) electrons. The minimum Gasteiger partial charge on any atom is -0.454 e. The van der Waals surface area contributed by atoms with E-state index in [2.05, 4.69) is 5.32 Å². The van der Waals surface area contributed by atoms with E-state index in [1.165, 1.54) is 6.08 Å². The normalized spacial score (nSPS) is 10.9. The van der Waals surface area contributed by atoms with Crippen LogP contribution in [0.25, 0.3) is 34.2 Å². The monoisotopic (exact) mass is 488 g/mol. The number of ether oxygens (including phenoxy) is 1. The van der Waals surface area contributed by atoms with E-state index in [1.54, 1.807) is 41.2 Å². The standard InChI is InChI=1S/C29H20N4O4/c30-17-21-9-4-6-12-24(21)31-27(34)19-36-28(35)15-14-22-18-33(23-10-2-1-3-11-23)32-29(22)26-16-20-8-5-7-13-25(20)37-26/h1-16,18H,19H2,(H,31,34). The van der Waals surface area contributed by atoms with Crippen molar-refractivity contribution < 1.29 is 18.7 Å². The van der Waals surface area contributed by atoms with Crippen molar-refractivity contribution in [1.82, 2.24) is 9.78 Å². The molecule has 0 atom stereocenters. The number of nitrogens with zero attached hydrogens (tertiary/aromatic N) is 3. The van der Waals surface area contributed by atoms with Crippen LogP contribution in [0.4, 0.5) is 5.69 Å². The first kappa shape index (κ1) is 23.3. The van der Waals surface area contributed by atoms with Gasteiger partial charge in [-0.15, -0.1) is 0 Å². The van der Waals surface area contributed by atoms with Gasteiger partial charge in [-0.3, -0.25) is 4.79 Å². The third-order valence-corrected chi connectivity index (χ3v) is 5.49. The minimum atomic E-state index is -0.702. The Bertz CT molecular complexity index is 1630. The Morgan fingerprint density at radius 2 is 1.78 bits per heavy atom. The number of carbonyl (C=O) groups excluding carboxylic acids is 2. The number of hydrogen-bond acceptors (Lipinski definition) is 6. The molecule has 0 fully saturated rings. The van der Waals surface area contributed by atoms with Crippen molar-refractivity contribution in [3.63, 3.8) is 0 Å². The summed E-state index contributed by atoms with van der Waals surface area (Å²) in [5.74, 6) is -0.699. The minimum absolute atomic E-state index is 0.315. The van der Waals surface area contributed by atoms with Crippen molar-refractivity contribution in [2.24, 2.45) is 0 Å². The predicted octanol–water partition coefficient (Wildman–Crippen LogP) is 5.35. The number of nitriles is 1. The van der Waals surface area contributed by atoms with Gasteiger partial charge in [0.2, 0.25) is 0 Å². The summed E-state index contributed by atoms with van der Waals surface area (Å²) in [7, 11) is 0. The number of hydrogen-bond donors (Lipinski definition) is 1. The van der Waals surface area contributed by atoms with Gasteiger partial charge < -0.3 is 14.5 Å². The molecular formula is C29H20N4O4. The lowest BCUT2D eigenvalue weighted by molar-refractivity contribution is -0.142. The Kier molecular flexibility index (Phi) is 6.59. The fourth-order valence-corrected chi connectivity index (χ4v) is 3.73. The number of nitrogens with one attached hydrogen (secondary N) is 1. The van der Waals surface area contributed by atoms with Crippen LogP contribution in [0, 0.1) is 11.3 Å². The third-order valence-electron chi connectivity index (χ3n) is 5.49. The first-order chi connectivity index (χ1) is 18.1. The Morgan fingerprint density at radius 3 is 2.59 bits per heavy atom. The average molecular weight is 489 g/mol. The van der Waals surface area contributed by atoms with Crippen molar-refractivity contribution in [3.8, 4) is 23.2 Å². The van der Waals surface area contributed by atoms with Crippen LogP contribution in [-0.4, -0.2) is 28.3 Å². The molecule has 0 aliphatic heterocycles. The molecule has 5 rings (SSSR count). The molecule has 0 spiro atoms. The largest absolute Gasteiger partial charge is 0.454 e.